The second-order valence-electron chi connectivity index (χ2n) is 3.79. The van der Waals surface area contributed by atoms with Gasteiger partial charge in [0.05, 0.1) is 11.9 Å². The molecule has 0 saturated carbocycles. The molecule has 0 radical (unpaired) electrons. The van der Waals surface area contributed by atoms with Gasteiger partial charge in [0.1, 0.15) is 0 Å². The molecule has 0 spiro atoms. The maximum atomic E-state index is 11.3. The van der Waals surface area contributed by atoms with Crippen LogP contribution in [0.15, 0.2) is 24.3 Å². The minimum absolute atomic E-state index is 0.0707. The summed E-state index contributed by atoms with van der Waals surface area (Å²) in [6, 6.07) is 6.80. The van der Waals surface area contributed by atoms with E-state index in [1.807, 2.05) is 0 Å². The Bertz CT molecular complexity index is 493. The molecule has 0 aliphatic carbocycles. The average Bonchev–Trinajstić information content (AvgIpc) is 2.25. The smallest absolute Gasteiger partial charge is 0.303 e. The molecule has 17 heavy (non-hydrogen) atoms. The third-order valence-corrected chi connectivity index (χ3v) is 3.63. The lowest BCUT2D eigenvalue weighted by Gasteiger charge is -2.16. The van der Waals surface area contributed by atoms with Gasteiger partial charge in [0.25, 0.3) is 0 Å². The zero-order valence-corrected chi connectivity index (χ0v) is 10.6. The van der Waals surface area contributed by atoms with Crippen molar-refractivity contribution in [1.82, 2.24) is 0 Å². The van der Waals surface area contributed by atoms with Gasteiger partial charge in [0.15, 0.2) is 0 Å². The molecule has 1 rings (SSSR count). The van der Waals surface area contributed by atoms with Crippen molar-refractivity contribution in [3.63, 3.8) is 0 Å². The first-order valence-electron chi connectivity index (χ1n) is 5.05. The van der Waals surface area contributed by atoms with Crippen molar-refractivity contribution in [2.75, 3.05) is 17.6 Å². The van der Waals surface area contributed by atoms with E-state index < -0.39 is 16.0 Å². The van der Waals surface area contributed by atoms with Gasteiger partial charge in [-0.05, 0) is 24.1 Å². The summed E-state index contributed by atoms with van der Waals surface area (Å²) in [5.74, 6) is -0.845. The maximum absolute atomic E-state index is 11.3. The summed E-state index contributed by atoms with van der Waals surface area (Å²) in [7, 11) is -1.78. The van der Waals surface area contributed by atoms with E-state index in [-0.39, 0.29) is 6.42 Å². The molecule has 0 aromatic heterocycles. The van der Waals surface area contributed by atoms with Gasteiger partial charge in [-0.2, -0.15) is 0 Å². The zero-order chi connectivity index (χ0) is 13.1. The maximum Gasteiger partial charge on any atom is 0.303 e. The van der Waals surface area contributed by atoms with Gasteiger partial charge in [0, 0.05) is 13.5 Å². The third-order valence-electron chi connectivity index (χ3n) is 2.42. The number of hydrogen-bond acceptors (Lipinski definition) is 3. The number of hydrogen-bond donors (Lipinski definition) is 1. The largest absolute Gasteiger partial charge is 0.481 e. The lowest BCUT2D eigenvalue weighted by molar-refractivity contribution is -0.136. The van der Waals surface area contributed by atoms with Gasteiger partial charge in [0.2, 0.25) is 10.0 Å². The van der Waals surface area contributed by atoms with Crippen molar-refractivity contribution < 1.29 is 18.3 Å². The second-order valence-corrected chi connectivity index (χ2v) is 5.80. The van der Waals surface area contributed by atoms with Gasteiger partial charge in [-0.3, -0.25) is 9.10 Å². The fourth-order valence-corrected chi connectivity index (χ4v) is 1.82. The van der Waals surface area contributed by atoms with E-state index in [2.05, 4.69) is 0 Å². The molecule has 0 bridgehead atoms. The average molecular weight is 257 g/mol. The van der Waals surface area contributed by atoms with Crippen LogP contribution in [0.5, 0.6) is 0 Å². The number of nitrogens with zero attached hydrogens (tertiary/aromatic N) is 1. The summed E-state index contributed by atoms with van der Waals surface area (Å²) >= 11 is 0. The first-order valence-corrected chi connectivity index (χ1v) is 6.90. The van der Waals surface area contributed by atoms with Gasteiger partial charge < -0.3 is 5.11 Å². The molecular formula is C11H15NO4S. The Kier molecular flexibility index (Phi) is 4.11. The number of carboxylic acid groups (broad SMARTS) is 1. The number of benzene rings is 1. The Morgan fingerprint density at radius 1 is 1.29 bits per heavy atom. The van der Waals surface area contributed by atoms with Crippen LogP contribution in [0.4, 0.5) is 5.69 Å². The molecule has 1 aromatic carbocycles. The van der Waals surface area contributed by atoms with E-state index in [1.54, 1.807) is 24.3 Å². The Balaban J connectivity index is 2.78. The fourth-order valence-electron chi connectivity index (χ4n) is 1.32. The SMILES string of the molecule is CN(c1ccc(CCC(=O)O)cc1)S(C)(=O)=O. The molecule has 0 saturated heterocycles. The molecule has 1 N–H and O–H groups in total. The molecule has 0 aliphatic rings. The first-order chi connectivity index (χ1) is 7.80. The van der Waals surface area contributed by atoms with Crippen molar-refractivity contribution in [3.8, 4) is 0 Å². The van der Waals surface area contributed by atoms with Crippen molar-refractivity contribution >= 4 is 21.7 Å². The van der Waals surface area contributed by atoms with Crippen molar-refractivity contribution in [3.05, 3.63) is 29.8 Å². The van der Waals surface area contributed by atoms with Crippen LogP contribution in [0, 0.1) is 0 Å². The van der Waals surface area contributed by atoms with E-state index in [1.165, 1.54) is 11.4 Å². The first kappa shape index (κ1) is 13.5. The lowest BCUT2D eigenvalue weighted by atomic mass is 10.1. The van der Waals surface area contributed by atoms with Crippen molar-refractivity contribution in [1.29, 1.82) is 0 Å². The number of carboxylic acids is 1. The molecule has 6 heteroatoms. The molecule has 94 valence electrons. The number of anilines is 1. The van der Waals surface area contributed by atoms with E-state index in [0.29, 0.717) is 12.1 Å². The van der Waals surface area contributed by atoms with Gasteiger partial charge in [-0.15, -0.1) is 0 Å². The molecule has 0 atom stereocenters. The highest BCUT2D eigenvalue weighted by atomic mass is 32.2. The van der Waals surface area contributed by atoms with Crippen LogP contribution in [0.25, 0.3) is 0 Å². The second kappa shape index (κ2) is 5.18. The number of rotatable bonds is 5. The minimum atomic E-state index is -3.26. The van der Waals surface area contributed by atoms with E-state index >= 15 is 0 Å². The molecule has 0 fully saturated rings. The Morgan fingerprint density at radius 2 is 1.82 bits per heavy atom. The van der Waals surface area contributed by atoms with Crippen LogP contribution in [0.3, 0.4) is 0 Å². The summed E-state index contributed by atoms with van der Waals surface area (Å²) < 4.78 is 23.7. The van der Waals surface area contributed by atoms with Gasteiger partial charge in [-0.1, -0.05) is 12.1 Å². The highest BCUT2D eigenvalue weighted by molar-refractivity contribution is 7.92. The van der Waals surface area contributed by atoms with Crippen LogP contribution in [0.2, 0.25) is 0 Å². The van der Waals surface area contributed by atoms with Gasteiger partial charge >= 0.3 is 5.97 Å². The Labute approximate surface area is 101 Å². The monoisotopic (exact) mass is 257 g/mol. The molecule has 5 nitrogen and oxygen atoms in total. The fraction of sp³-hybridized carbons (Fsp3) is 0.364. The van der Waals surface area contributed by atoms with Crippen LogP contribution in [-0.4, -0.2) is 32.8 Å². The van der Waals surface area contributed by atoms with E-state index in [9.17, 15) is 13.2 Å². The predicted octanol–water partition coefficient (Wildman–Crippen LogP) is 1.10. The molecular weight excluding hydrogens is 242 g/mol. The number of aryl methyl sites for hydroxylation is 1. The van der Waals surface area contributed by atoms with Crippen LogP contribution in [-0.2, 0) is 21.2 Å². The lowest BCUT2D eigenvalue weighted by Crippen LogP contribution is -2.24. The predicted molar refractivity (Wildman–Crippen MR) is 65.6 cm³/mol. The molecule has 1 aromatic rings. The highest BCUT2D eigenvalue weighted by Gasteiger charge is 2.11. The summed E-state index contributed by atoms with van der Waals surface area (Å²) in [4.78, 5) is 10.4. The summed E-state index contributed by atoms with van der Waals surface area (Å²) in [6.07, 6.45) is 1.64. The van der Waals surface area contributed by atoms with Crippen molar-refractivity contribution in [2.24, 2.45) is 0 Å². The zero-order valence-electron chi connectivity index (χ0n) is 9.75. The normalized spacial score (nSPS) is 11.2. The third kappa shape index (κ3) is 4.07. The summed E-state index contributed by atoms with van der Waals surface area (Å²) in [5.41, 5.74) is 1.43. The Hall–Kier alpha value is -1.56. The van der Waals surface area contributed by atoms with E-state index in [4.69, 9.17) is 5.11 Å². The van der Waals surface area contributed by atoms with Crippen molar-refractivity contribution in [2.45, 2.75) is 12.8 Å². The summed E-state index contributed by atoms with van der Waals surface area (Å²) in [5, 5.41) is 8.54. The summed E-state index contributed by atoms with van der Waals surface area (Å²) in [6.45, 7) is 0. The van der Waals surface area contributed by atoms with Gasteiger partial charge in [-0.25, -0.2) is 8.42 Å². The minimum Gasteiger partial charge on any atom is -0.481 e. The standard InChI is InChI=1S/C11H15NO4S/c1-12(17(2,15)16)10-6-3-9(4-7-10)5-8-11(13)14/h3-4,6-7H,5,8H2,1-2H3,(H,13,14). The van der Waals surface area contributed by atoms with E-state index in [0.717, 1.165) is 11.8 Å². The molecule has 0 aliphatic heterocycles. The quantitative estimate of drug-likeness (QED) is 0.857. The highest BCUT2D eigenvalue weighted by Crippen LogP contribution is 2.16. The number of aliphatic carboxylic acids is 1. The molecule has 0 heterocycles. The number of sulfonamides is 1. The topological polar surface area (TPSA) is 74.7 Å². The Morgan fingerprint density at radius 3 is 2.24 bits per heavy atom. The molecule has 0 unspecified atom stereocenters. The van der Waals surface area contributed by atoms with Crippen LogP contribution >= 0.6 is 0 Å². The van der Waals surface area contributed by atoms with Crippen LogP contribution in [0.1, 0.15) is 12.0 Å². The number of carbonyl (C=O) groups is 1. The van der Waals surface area contributed by atoms with Crippen LogP contribution < -0.4 is 4.31 Å². The molecule has 0 amide bonds.